The van der Waals surface area contributed by atoms with Crippen LogP contribution in [0.3, 0.4) is 0 Å². The van der Waals surface area contributed by atoms with Crippen molar-refractivity contribution < 1.29 is 13.2 Å². The van der Waals surface area contributed by atoms with E-state index < -0.39 is 11.7 Å². The number of hydrogen-bond acceptors (Lipinski definition) is 3. The summed E-state index contributed by atoms with van der Waals surface area (Å²) in [5.74, 6) is 1.05. The van der Waals surface area contributed by atoms with Crippen LogP contribution in [0.2, 0.25) is 5.02 Å². The predicted molar refractivity (Wildman–Crippen MR) is 113 cm³/mol. The topological polar surface area (TPSA) is 30.7 Å². The van der Waals surface area contributed by atoms with Gasteiger partial charge in [0.1, 0.15) is 0 Å². The zero-order valence-corrected chi connectivity index (χ0v) is 17.0. The molecule has 3 nitrogen and oxygen atoms in total. The Bertz CT molecular complexity index is 1140. The second kappa shape index (κ2) is 8.53. The summed E-state index contributed by atoms with van der Waals surface area (Å²) in [5, 5.41) is 9.68. The van der Waals surface area contributed by atoms with E-state index in [0.29, 0.717) is 27.4 Å². The van der Waals surface area contributed by atoms with Crippen LogP contribution in [0.4, 0.5) is 13.2 Å². The lowest BCUT2D eigenvalue weighted by Crippen LogP contribution is -2.07. The van der Waals surface area contributed by atoms with E-state index in [1.807, 2.05) is 42.5 Å². The highest BCUT2D eigenvalue weighted by molar-refractivity contribution is 7.98. The second-order valence-electron chi connectivity index (χ2n) is 6.47. The molecule has 0 radical (unpaired) electrons. The first-order valence-corrected chi connectivity index (χ1v) is 10.3. The molecule has 0 fully saturated rings. The summed E-state index contributed by atoms with van der Waals surface area (Å²) >= 11 is 7.33. The van der Waals surface area contributed by atoms with Gasteiger partial charge in [0.2, 0.25) is 0 Å². The summed E-state index contributed by atoms with van der Waals surface area (Å²) in [6.45, 7) is 0. The fourth-order valence-electron chi connectivity index (χ4n) is 2.92. The molecule has 3 aromatic carbocycles. The van der Waals surface area contributed by atoms with Gasteiger partial charge in [-0.05, 0) is 35.9 Å². The number of aromatic nitrogens is 3. The van der Waals surface area contributed by atoms with E-state index in [9.17, 15) is 13.2 Å². The third-order valence-electron chi connectivity index (χ3n) is 4.38. The number of thioether (sulfide) groups is 1. The van der Waals surface area contributed by atoms with Gasteiger partial charge in [0.05, 0.1) is 11.3 Å². The largest absolute Gasteiger partial charge is 0.416 e. The van der Waals surface area contributed by atoms with Crippen molar-refractivity contribution in [3.63, 3.8) is 0 Å². The summed E-state index contributed by atoms with van der Waals surface area (Å²) in [5.41, 5.74) is 1.42. The molecule has 8 heteroatoms. The van der Waals surface area contributed by atoms with Gasteiger partial charge in [0, 0.05) is 16.3 Å². The number of benzene rings is 3. The lowest BCUT2D eigenvalue weighted by atomic mass is 10.1. The normalized spacial score (nSPS) is 11.6. The van der Waals surface area contributed by atoms with Gasteiger partial charge in [0.15, 0.2) is 11.0 Å². The smallest absolute Gasteiger partial charge is 0.270 e. The molecule has 0 aliphatic rings. The maximum atomic E-state index is 13.3. The second-order valence-corrected chi connectivity index (χ2v) is 7.85. The molecule has 0 aliphatic heterocycles. The van der Waals surface area contributed by atoms with Crippen LogP contribution in [0.1, 0.15) is 11.1 Å². The maximum absolute atomic E-state index is 13.3. The van der Waals surface area contributed by atoms with Crippen LogP contribution in [0.25, 0.3) is 17.1 Å². The van der Waals surface area contributed by atoms with Crippen molar-refractivity contribution >= 4 is 23.4 Å². The molecule has 0 amide bonds. The molecule has 0 atom stereocenters. The van der Waals surface area contributed by atoms with Crippen molar-refractivity contribution in [1.82, 2.24) is 14.8 Å². The van der Waals surface area contributed by atoms with Gasteiger partial charge >= 0.3 is 6.18 Å². The maximum Gasteiger partial charge on any atom is 0.416 e. The minimum atomic E-state index is -4.44. The Morgan fingerprint density at radius 1 is 0.867 bits per heavy atom. The molecule has 0 bridgehead atoms. The Morgan fingerprint density at radius 3 is 2.30 bits per heavy atom. The van der Waals surface area contributed by atoms with Crippen molar-refractivity contribution in [3.05, 3.63) is 95.0 Å². The standard InChI is InChI=1S/C22H15ClF3N3S/c23-18-11-9-15(10-12-18)14-30-21-28-27-20(16-5-2-1-3-6-16)29(21)19-8-4-7-17(13-19)22(24,25)26/h1-13H,14H2. The summed E-state index contributed by atoms with van der Waals surface area (Å²) in [6.07, 6.45) is -4.44. The quantitative estimate of drug-likeness (QED) is 0.313. The van der Waals surface area contributed by atoms with E-state index in [0.717, 1.165) is 23.3 Å². The van der Waals surface area contributed by atoms with E-state index in [1.165, 1.54) is 17.8 Å². The van der Waals surface area contributed by atoms with Gasteiger partial charge in [0.25, 0.3) is 0 Å². The molecule has 4 aromatic rings. The van der Waals surface area contributed by atoms with E-state index in [1.54, 1.807) is 22.8 Å². The molecular weight excluding hydrogens is 431 g/mol. The van der Waals surface area contributed by atoms with Crippen LogP contribution in [-0.2, 0) is 11.9 Å². The molecule has 1 heterocycles. The monoisotopic (exact) mass is 445 g/mol. The minimum Gasteiger partial charge on any atom is -0.270 e. The van der Waals surface area contributed by atoms with Crippen LogP contribution < -0.4 is 0 Å². The average Bonchev–Trinajstić information content (AvgIpc) is 3.17. The Hall–Kier alpha value is -2.77. The number of hydrogen-bond donors (Lipinski definition) is 0. The third-order valence-corrected chi connectivity index (χ3v) is 5.63. The van der Waals surface area contributed by atoms with Gasteiger partial charge in [-0.2, -0.15) is 13.2 Å². The van der Waals surface area contributed by atoms with Gasteiger partial charge < -0.3 is 0 Å². The Balaban J connectivity index is 1.76. The van der Waals surface area contributed by atoms with Gasteiger partial charge in [-0.25, -0.2) is 0 Å². The summed E-state index contributed by atoms with van der Waals surface area (Å²) < 4.78 is 41.5. The average molecular weight is 446 g/mol. The third kappa shape index (κ3) is 4.52. The first-order chi connectivity index (χ1) is 14.4. The van der Waals surface area contributed by atoms with Crippen LogP contribution in [0.15, 0.2) is 84.0 Å². The number of halogens is 4. The molecule has 1 aromatic heterocycles. The van der Waals surface area contributed by atoms with Gasteiger partial charge in [-0.15, -0.1) is 10.2 Å². The van der Waals surface area contributed by atoms with Crippen LogP contribution in [0.5, 0.6) is 0 Å². The lowest BCUT2D eigenvalue weighted by Gasteiger charge is -2.13. The molecule has 0 unspecified atom stereocenters. The van der Waals surface area contributed by atoms with Crippen molar-refractivity contribution in [2.75, 3.05) is 0 Å². The minimum absolute atomic E-state index is 0.354. The van der Waals surface area contributed by atoms with E-state index in [2.05, 4.69) is 10.2 Å². The molecule has 0 saturated heterocycles. The van der Waals surface area contributed by atoms with Crippen molar-refractivity contribution in [2.45, 2.75) is 17.1 Å². The first kappa shape index (κ1) is 20.5. The van der Waals surface area contributed by atoms with Crippen molar-refractivity contribution in [3.8, 4) is 17.1 Å². The fraction of sp³-hybridized carbons (Fsp3) is 0.0909. The number of alkyl halides is 3. The van der Waals surface area contributed by atoms with Crippen molar-refractivity contribution in [1.29, 1.82) is 0 Å². The highest BCUT2D eigenvalue weighted by atomic mass is 35.5. The molecule has 0 N–H and O–H groups in total. The van der Waals surface area contributed by atoms with Gasteiger partial charge in [-0.1, -0.05) is 71.9 Å². The number of rotatable bonds is 5. The summed E-state index contributed by atoms with van der Waals surface area (Å²) in [6, 6.07) is 21.8. The summed E-state index contributed by atoms with van der Waals surface area (Å²) in [4.78, 5) is 0. The first-order valence-electron chi connectivity index (χ1n) is 8.97. The molecule has 4 rings (SSSR count). The summed E-state index contributed by atoms with van der Waals surface area (Å²) in [7, 11) is 0. The lowest BCUT2D eigenvalue weighted by molar-refractivity contribution is -0.137. The molecule has 0 spiro atoms. The highest BCUT2D eigenvalue weighted by Crippen LogP contribution is 2.34. The molecular formula is C22H15ClF3N3S. The van der Waals surface area contributed by atoms with E-state index in [-0.39, 0.29) is 0 Å². The van der Waals surface area contributed by atoms with Crippen LogP contribution >= 0.6 is 23.4 Å². The van der Waals surface area contributed by atoms with Crippen LogP contribution in [0, 0.1) is 0 Å². The Kier molecular flexibility index (Phi) is 5.83. The fourth-order valence-corrected chi connectivity index (χ4v) is 3.95. The molecule has 30 heavy (non-hydrogen) atoms. The molecule has 152 valence electrons. The highest BCUT2D eigenvalue weighted by Gasteiger charge is 2.31. The van der Waals surface area contributed by atoms with Crippen molar-refractivity contribution in [2.24, 2.45) is 0 Å². The predicted octanol–water partition coefficient (Wildman–Crippen LogP) is 6.90. The SMILES string of the molecule is FC(F)(F)c1cccc(-n2c(SCc3ccc(Cl)cc3)nnc2-c2ccccc2)c1. The Morgan fingerprint density at radius 2 is 1.60 bits per heavy atom. The van der Waals surface area contributed by atoms with E-state index >= 15 is 0 Å². The zero-order valence-electron chi connectivity index (χ0n) is 15.5. The van der Waals surface area contributed by atoms with E-state index in [4.69, 9.17) is 11.6 Å². The van der Waals surface area contributed by atoms with Crippen LogP contribution in [-0.4, -0.2) is 14.8 Å². The zero-order chi connectivity index (χ0) is 21.1. The number of nitrogens with zero attached hydrogens (tertiary/aromatic N) is 3. The Labute approximate surface area is 180 Å². The van der Waals surface area contributed by atoms with Gasteiger partial charge in [-0.3, -0.25) is 4.57 Å². The molecule has 0 saturated carbocycles. The molecule has 0 aliphatic carbocycles.